The Morgan fingerprint density at radius 3 is 2.62 bits per heavy atom. The monoisotopic (exact) mass is 304 g/mol. The van der Waals surface area contributed by atoms with Gasteiger partial charge in [-0.25, -0.2) is 4.90 Å². The largest absolute Gasteiger partial charge is 0.303 e. The molecule has 0 bridgehead atoms. The number of hydrogen-bond donors (Lipinski definition) is 1. The van der Waals surface area contributed by atoms with E-state index in [0.717, 1.165) is 12.8 Å². The van der Waals surface area contributed by atoms with Crippen molar-refractivity contribution in [2.24, 2.45) is 0 Å². The molecular weight excluding hydrogens is 284 g/mol. The topological polar surface area (TPSA) is 49.4 Å². The van der Waals surface area contributed by atoms with Crippen LogP contribution in [0.5, 0.6) is 0 Å². The van der Waals surface area contributed by atoms with Gasteiger partial charge in [0.15, 0.2) is 0 Å². The van der Waals surface area contributed by atoms with Crippen LogP contribution in [0.4, 0.5) is 5.69 Å². The fourth-order valence-corrected chi connectivity index (χ4v) is 4.00. The summed E-state index contributed by atoms with van der Waals surface area (Å²) in [6.07, 6.45) is 5.78. The van der Waals surface area contributed by atoms with Crippen LogP contribution in [0.1, 0.15) is 25.7 Å². The Morgan fingerprint density at radius 2 is 1.95 bits per heavy atom. The predicted octanol–water partition coefficient (Wildman–Crippen LogP) is 2.19. The number of hydrogen-bond acceptors (Lipinski definition) is 4. The molecule has 2 fully saturated rings. The van der Waals surface area contributed by atoms with E-state index in [1.54, 1.807) is 12.1 Å². The molecule has 1 heterocycles. The fraction of sp³-hybridized carbons (Fsp3) is 0.500. The van der Waals surface area contributed by atoms with Gasteiger partial charge in [-0.05, 0) is 37.7 Å². The van der Waals surface area contributed by atoms with Crippen LogP contribution in [-0.4, -0.2) is 35.4 Å². The highest BCUT2D eigenvalue weighted by Gasteiger charge is 2.41. The predicted molar refractivity (Wildman–Crippen MR) is 85.4 cm³/mol. The van der Waals surface area contributed by atoms with Crippen molar-refractivity contribution >= 4 is 29.3 Å². The van der Waals surface area contributed by atoms with Crippen LogP contribution in [0.15, 0.2) is 30.3 Å². The first-order valence-corrected chi connectivity index (χ1v) is 8.68. The van der Waals surface area contributed by atoms with Crippen LogP contribution in [0.2, 0.25) is 0 Å². The number of thioether (sulfide) groups is 1. The van der Waals surface area contributed by atoms with Crippen molar-refractivity contribution < 1.29 is 9.59 Å². The molecule has 1 aromatic rings. The summed E-state index contributed by atoms with van der Waals surface area (Å²) >= 11 is 1.89. The van der Waals surface area contributed by atoms with Crippen LogP contribution in [0.3, 0.4) is 0 Å². The maximum absolute atomic E-state index is 12.5. The van der Waals surface area contributed by atoms with Gasteiger partial charge in [0.05, 0.1) is 18.2 Å². The molecule has 0 aromatic heterocycles. The second kappa shape index (κ2) is 6.20. The lowest BCUT2D eigenvalue weighted by molar-refractivity contribution is -0.121. The lowest BCUT2D eigenvalue weighted by Crippen LogP contribution is -2.43. The van der Waals surface area contributed by atoms with Crippen molar-refractivity contribution in [2.45, 2.75) is 43.0 Å². The SMILES string of the molecule is CSC1CCC(NC2CC(=O)N(c3ccccc3)C2=O)C1. The molecule has 1 aliphatic heterocycles. The van der Waals surface area contributed by atoms with E-state index in [1.807, 2.05) is 30.0 Å². The molecule has 2 amide bonds. The molecule has 3 atom stereocenters. The van der Waals surface area contributed by atoms with Crippen LogP contribution in [-0.2, 0) is 9.59 Å². The molecule has 21 heavy (non-hydrogen) atoms. The van der Waals surface area contributed by atoms with Gasteiger partial charge in [-0.3, -0.25) is 9.59 Å². The minimum atomic E-state index is -0.358. The molecule has 112 valence electrons. The summed E-state index contributed by atoms with van der Waals surface area (Å²) in [5.74, 6) is -0.220. The Morgan fingerprint density at radius 1 is 1.19 bits per heavy atom. The molecule has 1 saturated carbocycles. The first-order valence-electron chi connectivity index (χ1n) is 7.39. The van der Waals surface area contributed by atoms with E-state index >= 15 is 0 Å². The third kappa shape index (κ3) is 2.99. The molecule has 3 rings (SSSR count). The van der Waals surface area contributed by atoms with Gasteiger partial charge in [0.1, 0.15) is 0 Å². The standard InChI is InChI=1S/C16H20N2O2S/c1-21-13-8-7-11(9-13)17-14-10-15(19)18(16(14)20)12-5-3-2-4-6-12/h2-6,11,13-14,17H,7-10H2,1H3. The lowest BCUT2D eigenvalue weighted by Gasteiger charge is -2.18. The molecule has 0 radical (unpaired) electrons. The van der Waals surface area contributed by atoms with Crippen LogP contribution in [0, 0.1) is 0 Å². The number of benzene rings is 1. The molecule has 1 aliphatic carbocycles. The number of nitrogens with zero attached hydrogens (tertiary/aromatic N) is 1. The third-order valence-electron chi connectivity index (χ3n) is 4.32. The minimum absolute atomic E-state index is 0.108. The van der Waals surface area contributed by atoms with Crippen molar-refractivity contribution in [3.05, 3.63) is 30.3 Å². The Kier molecular flexibility index (Phi) is 4.31. The van der Waals surface area contributed by atoms with Gasteiger partial charge in [-0.2, -0.15) is 11.8 Å². The van der Waals surface area contributed by atoms with Gasteiger partial charge in [0.25, 0.3) is 5.91 Å². The maximum atomic E-state index is 12.5. The van der Waals surface area contributed by atoms with Crippen LogP contribution >= 0.6 is 11.8 Å². The van der Waals surface area contributed by atoms with E-state index in [2.05, 4.69) is 11.6 Å². The van der Waals surface area contributed by atoms with E-state index in [9.17, 15) is 9.59 Å². The van der Waals surface area contributed by atoms with Crippen molar-refractivity contribution in [3.8, 4) is 0 Å². The first kappa shape index (κ1) is 14.6. The Labute approximate surface area is 129 Å². The fourth-order valence-electron chi connectivity index (χ4n) is 3.20. The summed E-state index contributed by atoms with van der Waals surface area (Å²) in [7, 11) is 0. The van der Waals surface area contributed by atoms with E-state index in [1.165, 1.54) is 11.3 Å². The number of anilines is 1. The van der Waals surface area contributed by atoms with Crippen molar-refractivity contribution in [1.29, 1.82) is 0 Å². The zero-order valence-electron chi connectivity index (χ0n) is 12.1. The van der Waals surface area contributed by atoms with Gasteiger partial charge in [-0.15, -0.1) is 0 Å². The molecule has 5 heteroatoms. The zero-order chi connectivity index (χ0) is 14.8. The van der Waals surface area contributed by atoms with Crippen LogP contribution in [0.25, 0.3) is 0 Å². The summed E-state index contributed by atoms with van der Waals surface area (Å²) < 4.78 is 0. The molecule has 2 aliphatic rings. The summed E-state index contributed by atoms with van der Waals surface area (Å²) in [6, 6.07) is 9.18. The Balaban J connectivity index is 1.67. The molecule has 0 spiro atoms. The Hall–Kier alpha value is -1.33. The summed E-state index contributed by atoms with van der Waals surface area (Å²) in [6.45, 7) is 0. The van der Waals surface area contributed by atoms with E-state index in [4.69, 9.17) is 0 Å². The molecule has 3 unspecified atom stereocenters. The number of nitrogens with one attached hydrogen (secondary N) is 1. The number of carbonyl (C=O) groups is 2. The average molecular weight is 304 g/mol. The normalized spacial score (nSPS) is 29.4. The highest BCUT2D eigenvalue weighted by atomic mass is 32.2. The number of imide groups is 1. The summed E-state index contributed by atoms with van der Waals surface area (Å²) in [5.41, 5.74) is 0.671. The van der Waals surface area contributed by atoms with Gasteiger partial charge in [0.2, 0.25) is 5.91 Å². The third-order valence-corrected chi connectivity index (χ3v) is 5.41. The number of rotatable bonds is 4. The van der Waals surface area contributed by atoms with Crippen molar-refractivity contribution in [3.63, 3.8) is 0 Å². The zero-order valence-corrected chi connectivity index (χ0v) is 12.9. The second-order valence-electron chi connectivity index (χ2n) is 5.69. The van der Waals surface area contributed by atoms with Gasteiger partial charge >= 0.3 is 0 Å². The highest BCUT2D eigenvalue weighted by molar-refractivity contribution is 7.99. The minimum Gasteiger partial charge on any atom is -0.303 e. The molecular formula is C16H20N2O2S. The van der Waals surface area contributed by atoms with Gasteiger partial charge < -0.3 is 5.32 Å². The van der Waals surface area contributed by atoms with E-state index in [0.29, 0.717) is 17.0 Å². The second-order valence-corrected chi connectivity index (χ2v) is 6.83. The molecule has 1 aromatic carbocycles. The maximum Gasteiger partial charge on any atom is 0.251 e. The van der Waals surface area contributed by atoms with Crippen molar-refractivity contribution in [1.82, 2.24) is 5.32 Å². The molecule has 1 saturated heterocycles. The van der Waals surface area contributed by atoms with E-state index < -0.39 is 0 Å². The van der Waals surface area contributed by atoms with Gasteiger partial charge in [0, 0.05) is 11.3 Å². The Bertz CT molecular complexity index is 534. The number of amides is 2. The van der Waals surface area contributed by atoms with Crippen molar-refractivity contribution in [2.75, 3.05) is 11.2 Å². The van der Waals surface area contributed by atoms with Gasteiger partial charge in [-0.1, -0.05) is 18.2 Å². The smallest absolute Gasteiger partial charge is 0.251 e. The summed E-state index contributed by atoms with van der Waals surface area (Å²) in [4.78, 5) is 26.0. The molecule has 4 nitrogen and oxygen atoms in total. The highest BCUT2D eigenvalue weighted by Crippen LogP contribution is 2.30. The van der Waals surface area contributed by atoms with Crippen LogP contribution < -0.4 is 10.2 Å². The number of carbonyl (C=O) groups excluding carboxylic acids is 2. The molecule has 1 N–H and O–H groups in total. The quantitative estimate of drug-likeness (QED) is 0.866. The number of para-hydroxylation sites is 1. The van der Waals surface area contributed by atoms with E-state index in [-0.39, 0.29) is 24.3 Å². The summed E-state index contributed by atoms with van der Waals surface area (Å²) in [5, 5.41) is 4.08. The lowest BCUT2D eigenvalue weighted by atomic mass is 10.2. The average Bonchev–Trinajstić information content (AvgIpc) is 3.05. The first-order chi connectivity index (χ1) is 10.2.